The molecule has 0 aliphatic carbocycles. The molecule has 0 spiro atoms. The van der Waals surface area contributed by atoms with Crippen molar-refractivity contribution in [2.45, 2.75) is 33.2 Å². The minimum atomic E-state index is -0.980. The van der Waals surface area contributed by atoms with E-state index >= 15 is 0 Å². The van der Waals surface area contributed by atoms with Gasteiger partial charge in [-0.2, -0.15) is 0 Å². The number of non-ortho nitro benzene ring substituents is 1. The van der Waals surface area contributed by atoms with Crippen LogP contribution in [0.5, 0.6) is 5.75 Å². The molecule has 0 bridgehead atoms. The number of nitrogens with one attached hydrogen (secondary N) is 1. The summed E-state index contributed by atoms with van der Waals surface area (Å²) in [5.74, 6) is -1.38. The predicted octanol–water partition coefficient (Wildman–Crippen LogP) is 5.07. The lowest BCUT2D eigenvalue weighted by Gasteiger charge is -2.47. The quantitative estimate of drug-likeness (QED) is 0.0602. The number of benzene rings is 3. The van der Waals surface area contributed by atoms with Crippen LogP contribution < -0.4 is 10.5 Å². The summed E-state index contributed by atoms with van der Waals surface area (Å²) in [6, 6.07) is 16.1. The molecule has 0 saturated carbocycles. The first-order chi connectivity index (χ1) is 21.0. The first kappa shape index (κ1) is 30.7. The van der Waals surface area contributed by atoms with E-state index in [9.17, 15) is 24.5 Å². The van der Waals surface area contributed by atoms with Gasteiger partial charge in [0.2, 0.25) is 5.91 Å². The van der Waals surface area contributed by atoms with Crippen LogP contribution >= 0.6 is 11.8 Å². The van der Waals surface area contributed by atoms with Crippen molar-refractivity contribution >= 4 is 51.2 Å². The topological polar surface area (TPSA) is 166 Å². The number of nitro groups is 1. The van der Waals surface area contributed by atoms with Crippen LogP contribution in [0, 0.1) is 33.3 Å². The maximum absolute atomic E-state index is 13.5. The molecule has 3 atom stereocenters. The van der Waals surface area contributed by atoms with Crippen molar-refractivity contribution < 1.29 is 28.8 Å². The van der Waals surface area contributed by atoms with Crippen LogP contribution in [0.15, 0.2) is 71.9 Å². The van der Waals surface area contributed by atoms with E-state index in [1.54, 1.807) is 0 Å². The van der Waals surface area contributed by atoms with Crippen LogP contribution in [0.1, 0.15) is 36.7 Å². The lowest BCUT2D eigenvalue weighted by atomic mass is 9.74. The zero-order valence-electron chi connectivity index (χ0n) is 24.4. The predicted molar refractivity (Wildman–Crippen MR) is 166 cm³/mol. The summed E-state index contributed by atoms with van der Waals surface area (Å²) < 4.78 is 11.5. The number of carbonyl (C=O) groups excluding carboxylic acids is 3. The van der Waals surface area contributed by atoms with Gasteiger partial charge in [0.1, 0.15) is 18.1 Å². The number of amidine groups is 1. The average molecular weight is 617 g/mol. The van der Waals surface area contributed by atoms with Gasteiger partial charge in [-0.1, -0.05) is 62.9 Å². The number of esters is 2. The number of nitrogens with two attached hydrogens (primary N) is 1. The summed E-state index contributed by atoms with van der Waals surface area (Å²) >= 11 is 1.28. The average Bonchev–Trinajstić information content (AvgIpc) is 3.23. The highest BCUT2D eigenvalue weighted by Gasteiger charge is 2.59. The van der Waals surface area contributed by atoms with Gasteiger partial charge in [0.15, 0.2) is 5.17 Å². The molecule has 44 heavy (non-hydrogen) atoms. The Hall–Kier alpha value is -4.71. The SMILES string of the molecule is CC(C)[C@H]1C(=O)N2C(C(=O)OC(=O)c3ccc([N+](=O)[O-])cc3)=C(COc3cccc4c(CCSC(=N)N)cccc34)[C@H](C)[C@H]12. The number of fused-ring (bicyclic) bond motifs is 2. The third kappa shape index (κ3) is 5.77. The van der Waals surface area contributed by atoms with Crippen LogP contribution in [0.3, 0.4) is 0 Å². The normalized spacial score (nSPS) is 19.1. The molecule has 3 aromatic rings. The molecule has 1 amide bonds. The molecule has 5 rings (SSSR count). The fraction of sp³-hybridized carbons (Fsp3) is 0.312. The number of hydrogen-bond donors (Lipinski definition) is 2. The fourth-order valence-electron chi connectivity index (χ4n) is 6.04. The molecule has 228 valence electrons. The highest BCUT2D eigenvalue weighted by atomic mass is 32.2. The van der Waals surface area contributed by atoms with Crippen LogP contribution in [0.2, 0.25) is 0 Å². The Morgan fingerprint density at radius 2 is 1.75 bits per heavy atom. The standard InChI is InChI=1S/C32H32N4O7S/c1-17(2)26-27-18(3)24(16-42-25-9-5-7-22-19(6-4-8-23(22)25)14-15-44-32(33)34)28(35(27)29(26)37)31(39)43-30(38)20-10-12-21(13-11-20)36(40)41/h4-13,17-18,26-27H,14-16H2,1-3H3,(H3,33,34)/t18-,26+,27+/m0/s1. The summed E-state index contributed by atoms with van der Waals surface area (Å²) in [5.41, 5.74) is 6.89. The van der Waals surface area contributed by atoms with E-state index in [4.69, 9.17) is 20.6 Å². The zero-order valence-corrected chi connectivity index (χ0v) is 25.3. The molecule has 0 aromatic heterocycles. The zero-order chi connectivity index (χ0) is 31.7. The molecule has 11 nitrogen and oxygen atoms in total. The van der Waals surface area contributed by atoms with Gasteiger partial charge < -0.3 is 20.1 Å². The molecular weight excluding hydrogens is 584 g/mol. The van der Waals surface area contributed by atoms with Crippen LogP contribution in [0.25, 0.3) is 10.8 Å². The van der Waals surface area contributed by atoms with Crippen molar-refractivity contribution in [2.75, 3.05) is 12.4 Å². The number of rotatable bonds is 10. The van der Waals surface area contributed by atoms with Crippen molar-refractivity contribution in [3.05, 3.63) is 93.2 Å². The highest BCUT2D eigenvalue weighted by molar-refractivity contribution is 8.13. The summed E-state index contributed by atoms with van der Waals surface area (Å²) in [6.07, 6.45) is 0.710. The van der Waals surface area contributed by atoms with E-state index in [1.165, 1.54) is 28.8 Å². The largest absolute Gasteiger partial charge is 0.488 e. The Balaban J connectivity index is 1.42. The number of nitrogens with zero attached hydrogens (tertiary/aromatic N) is 2. The number of hydrogen-bond acceptors (Lipinski definition) is 9. The van der Waals surface area contributed by atoms with E-state index in [1.807, 2.05) is 57.2 Å². The lowest BCUT2D eigenvalue weighted by molar-refractivity contribution is -0.384. The van der Waals surface area contributed by atoms with Gasteiger partial charge >= 0.3 is 11.9 Å². The number of amides is 1. The van der Waals surface area contributed by atoms with Crippen molar-refractivity contribution in [2.24, 2.45) is 23.5 Å². The molecule has 0 radical (unpaired) electrons. The molecular formula is C32H32N4O7S. The van der Waals surface area contributed by atoms with Crippen molar-refractivity contribution in [1.29, 1.82) is 5.41 Å². The second-order valence-corrected chi connectivity index (χ2v) is 12.3. The number of aryl methyl sites for hydroxylation is 1. The summed E-state index contributed by atoms with van der Waals surface area (Å²) in [5, 5.41) is 20.4. The second kappa shape index (κ2) is 12.5. The molecule has 12 heteroatoms. The second-order valence-electron chi connectivity index (χ2n) is 11.1. The third-order valence-electron chi connectivity index (χ3n) is 8.19. The molecule has 2 heterocycles. The molecule has 1 saturated heterocycles. The number of ether oxygens (including phenoxy) is 2. The maximum Gasteiger partial charge on any atom is 0.363 e. The van der Waals surface area contributed by atoms with Crippen molar-refractivity contribution in [1.82, 2.24) is 4.90 Å². The van der Waals surface area contributed by atoms with Crippen LogP contribution in [-0.2, 0) is 20.7 Å². The van der Waals surface area contributed by atoms with E-state index in [2.05, 4.69) is 0 Å². The van der Waals surface area contributed by atoms with Gasteiger partial charge in [-0.3, -0.25) is 20.3 Å². The van der Waals surface area contributed by atoms with Gasteiger partial charge in [0, 0.05) is 34.8 Å². The Bertz CT molecular complexity index is 1700. The van der Waals surface area contributed by atoms with Gasteiger partial charge in [0.25, 0.3) is 5.69 Å². The Kier molecular flexibility index (Phi) is 8.73. The van der Waals surface area contributed by atoms with E-state index in [-0.39, 0.29) is 58.4 Å². The molecule has 3 N–H and O–H groups in total. The summed E-state index contributed by atoms with van der Waals surface area (Å²) in [4.78, 5) is 51.4. The number of nitro benzene ring substituents is 1. The lowest BCUT2D eigenvalue weighted by Crippen LogP contribution is -2.62. The van der Waals surface area contributed by atoms with Gasteiger partial charge in [0.05, 0.1) is 22.4 Å². The van der Waals surface area contributed by atoms with Crippen LogP contribution in [-0.4, -0.2) is 51.2 Å². The summed E-state index contributed by atoms with van der Waals surface area (Å²) in [7, 11) is 0. The minimum Gasteiger partial charge on any atom is -0.488 e. The smallest absolute Gasteiger partial charge is 0.363 e. The van der Waals surface area contributed by atoms with E-state index in [0.29, 0.717) is 23.5 Å². The highest BCUT2D eigenvalue weighted by Crippen LogP contribution is 2.49. The van der Waals surface area contributed by atoms with Gasteiger partial charge in [-0.25, -0.2) is 9.59 Å². The number of thioether (sulfide) groups is 1. The first-order valence-corrected chi connectivity index (χ1v) is 15.2. The Morgan fingerprint density at radius 1 is 1.07 bits per heavy atom. The van der Waals surface area contributed by atoms with Crippen LogP contribution in [0.4, 0.5) is 5.69 Å². The minimum absolute atomic E-state index is 0.00171. The first-order valence-electron chi connectivity index (χ1n) is 14.2. The molecule has 2 aliphatic heterocycles. The molecule has 2 aliphatic rings. The Morgan fingerprint density at radius 3 is 2.41 bits per heavy atom. The number of β-lactam (4-membered cyclic amide) rings is 1. The maximum atomic E-state index is 13.5. The molecule has 3 aromatic carbocycles. The number of carbonyl (C=O) groups is 3. The van der Waals surface area contributed by atoms with E-state index < -0.39 is 16.9 Å². The molecule has 1 fully saturated rings. The fourth-order valence-corrected chi connectivity index (χ4v) is 6.58. The van der Waals surface area contributed by atoms with Crippen molar-refractivity contribution in [3.8, 4) is 5.75 Å². The van der Waals surface area contributed by atoms with E-state index in [0.717, 1.165) is 28.5 Å². The summed E-state index contributed by atoms with van der Waals surface area (Å²) in [6.45, 7) is 5.84. The van der Waals surface area contributed by atoms with Gasteiger partial charge in [-0.15, -0.1) is 0 Å². The monoisotopic (exact) mass is 616 g/mol. The molecule has 0 unspecified atom stereocenters. The third-order valence-corrected chi connectivity index (χ3v) is 8.91. The van der Waals surface area contributed by atoms with Gasteiger partial charge in [-0.05, 0) is 41.5 Å². The Labute approximate surface area is 258 Å². The van der Waals surface area contributed by atoms with Crippen molar-refractivity contribution in [3.63, 3.8) is 0 Å².